The zero-order valence-electron chi connectivity index (χ0n) is 15.0. The summed E-state index contributed by atoms with van der Waals surface area (Å²) in [4.78, 5) is 37.4. The molecule has 2 N–H and O–H groups in total. The number of nitrogens with zero attached hydrogens (tertiary/aromatic N) is 1. The maximum Gasteiger partial charge on any atom is 0.309 e. The van der Waals surface area contributed by atoms with Crippen LogP contribution in [0.5, 0.6) is 0 Å². The lowest BCUT2D eigenvalue weighted by Gasteiger charge is -2.19. The number of aliphatic carboxylic acids is 1. The molecule has 2 amide bonds. The Bertz CT molecular complexity index is 816. The zero-order chi connectivity index (χ0) is 19.3. The number of amides is 2. The van der Waals surface area contributed by atoms with Crippen LogP contribution in [0, 0.1) is 5.41 Å². The third kappa shape index (κ3) is 4.69. The van der Waals surface area contributed by atoms with Crippen LogP contribution in [0.15, 0.2) is 54.6 Å². The number of carbonyl (C=O) groups is 3. The van der Waals surface area contributed by atoms with Gasteiger partial charge in [0.25, 0.3) is 5.91 Å². The first kappa shape index (κ1) is 19.2. The van der Waals surface area contributed by atoms with Gasteiger partial charge in [-0.2, -0.15) is 0 Å². The number of rotatable bonds is 6. The van der Waals surface area contributed by atoms with Gasteiger partial charge in [-0.3, -0.25) is 14.4 Å². The highest BCUT2D eigenvalue weighted by atomic mass is 16.4. The van der Waals surface area contributed by atoms with Crippen LogP contribution in [0.4, 0.5) is 11.4 Å². The molecule has 26 heavy (non-hydrogen) atoms. The third-order valence-electron chi connectivity index (χ3n) is 4.02. The van der Waals surface area contributed by atoms with Gasteiger partial charge in [-0.25, -0.2) is 0 Å². The molecule has 2 rings (SSSR count). The summed E-state index contributed by atoms with van der Waals surface area (Å²) >= 11 is 0. The van der Waals surface area contributed by atoms with Gasteiger partial charge in [-0.15, -0.1) is 0 Å². The Morgan fingerprint density at radius 3 is 2.31 bits per heavy atom. The zero-order valence-corrected chi connectivity index (χ0v) is 15.0. The van der Waals surface area contributed by atoms with E-state index in [1.807, 2.05) is 30.3 Å². The molecule has 0 aromatic heterocycles. The van der Waals surface area contributed by atoms with E-state index >= 15 is 0 Å². The van der Waals surface area contributed by atoms with Gasteiger partial charge in [0, 0.05) is 30.4 Å². The minimum Gasteiger partial charge on any atom is -0.481 e. The van der Waals surface area contributed by atoms with Crippen LogP contribution in [0.2, 0.25) is 0 Å². The number of carbonyl (C=O) groups excluding carboxylic acids is 2. The molecule has 0 radical (unpaired) electrons. The summed E-state index contributed by atoms with van der Waals surface area (Å²) in [5.74, 6) is -1.67. The summed E-state index contributed by atoms with van der Waals surface area (Å²) in [6, 6.07) is 15.8. The van der Waals surface area contributed by atoms with Gasteiger partial charge in [0.15, 0.2) is 0 Å². The molecule has 0 saturated carbocycles. The van der Waals surface area contributed by atoms with Crippen LogP contribution in [-0.2, 0) is 9.59 Å². The molecule has 0 aliphatic heterocycles. The standard InChI is InChI=1S/C20H22N2O4/c1-20(2,19(25)26)13-17(23)21-15-9-7-8-14(12-15)18(24)22(3)16-10-5-4-6-11-16/h4-12H,13H2,1-3H3,(H,21,23)(H,25,26). The highest BCUT2D eigenvalue weighted by Gasteiger charge is 2.30. The van der Waals surface area contributed by atoms with Gasteiger partial charge >= 0.3 is 5.97 Å². The average Bonchev–Trinajstić information content (AvgIpc) is 2.60. The molecule has 0 bridgehead atoms. The lowest BCUT2D eigenvalue weighted by atomic mass is 9.89. The minimum atomic E-state index is -1.16. The fourth-order valence-corrected chi connectivity index (χ4v) is 2.37. The maximum atomic E-state index is 12.6. The molecule has 6 nitrogen and oxygen atoms in total. The van der Waals surface area contributed by atoms with Crippen molar-refractivity contribution >= 4 is 29.2 Å². The van der Waals surface area contributed by atoms with Crippen LogP contribution >= 0.6 is 0 Å². The fraction of sp³-hybridized carbons (Fsp3) is 0.250. The molecule has 0 fully saturated rings. The minimum absolute atomic E-state index is 0.162. The number of nitrogens with one attached hydrogen (secondary N) is 1. The van der Waals surface area contributed by atoms with Gasteiger partial charge < -0.3 is 15.3 Å². The number of benzene rings is 2. The van der Waals surface area contributed by atoms with Crippen molar-refractivity contribution < 1.29 is 19.5 Å². The van der Waals surface area contributed by atoms with E-state index in [9.17, 15) is 14.4 Å². The highest BCUT2D eigenvalue weighted by Crippen LogP contribution is 2.22. The predicted molar refractivity (Wildman–Crippen MR) is 100 cm³/mol. The Hall–Kier alpha value is -3.15. The summed E-state index contributed by atoms with van der Waals surface area (Å²) in [5.41, 5.74) is 0.468. The van der Waals surface area contributed by atoms with Crippen molar-refractivity contribution in [1.82, 2.24) is 0 Å². The molecule has 0 spiro atoms. The summed E-state index contributed by atoms with van der Waals surface area (Å²) < 4.78 is 0. The van der Waals surface area contributed by atoms with Gasteiger partial charge in [0.2, 0.25) is 5.91 Å². The second-order valence-electron chi connectivity index (χ2n) is 6.69. The monoisotopic (exact) mass is 354 g/mol. The first-order chi connectivity index (χ1) is 12.2. The number of carboxylic acids is 1. The molecule has 0 atom stereocenters. The van der Waals surface area contributed by atoms with E-state index in [2.05, 4.69) is 5.32 Å². The normalized spacial score (nSPS) is 10.9. The molecule has 136 valence electrons. The Labute approximate surface area is 152 Å². The van der Waals surface area contributed by atoms with Crippen molar-refractivity contribution in [1.29, 1.82) is 0 Å². The van der Waals surface area contributed by atoms with Crippen molar-refractivity contribution in [2.75, 3.05) is 17.3 Å². The van der Waals surface area contributed by atoms with E-state index in [0.29, 0.717) is 11.3 Å². The van der Waals surface area contributed by atoms with E-state index in [0.717, 1.165) is 5.69 Å². The highest BCUT2D eigenvalue weighted by molar-refractivity contribution is 6.06. The lowest BCUT2D eigenvalue weighted by molar-refractivity contribution is -0.148. The van der Waals surface area contributed by atoms with Crippen molar-refractivity contribution in [3.63, 3.8) is 0 Å². The van der Waals surface area contributed by atoms with E-state index in [1.165, 1.54) is 18.7 Å². The molecular weight excluding hydrogens is 332 g/mol. The van der Waals surface area contributed by atoms with Crippen LogP contribution < -0.4 is 10.2 Å². The lowest BCUT2D eigenvalue weighted by Crippen LogP contribution is -2.29. The molecule has 2 aromatic carbocycles. The molecule has 0 unspecified atom stereocenters. The van der Waals surface area contributed by atoms with Crippen molar-refractivity contribution in [3.8, 4) is 0 Å². The van der Waals surface area contributed by atoms with Gasteiger partial charge in [0.1, 0.15) is 0 Å². The molecule has 0 heterocycles. The fourth-order valence-electron chi connectivity index (χ4n) is 2.37. The van der Waals surface area contributed by atoms with E-state index in [-0.39, 0.29) is 12.3 Å². The quantitative estimate of drug-likeness (QED) is 0.832. The van der Waals surface area contributed by atoms with Crippen LogP contribution in [0.3, 0.4) is 0 Å². The van der Waals surface area contributed by atoms with E-state index in [1.54, 1.807) is 31.3 Å². The van der Waals surface area contributed by atoms with E-state index in [4.69, 9.17) is 5.11 Å². The molecule has 6 heteroatoms. The Morgan fingerprint density at radius 1 is 1.04 bits per heavy atom. The number of anilines is 2. The first-order valence-corrected chi connectivity index (χ1v) is 8.17. The SMILES string of the molecule is CN(C(=O)c1cccc(NC(=O)CC(C)(C)C(=O)O)c1)c1ccccc1. The molecular formula is C20H22N2O4. The number of carboxylic acid groups (broad SMARTS) is 1. The van der Waals surface area contributed by atoms with Crippen molar-refractivity contribution in [2.24, 2.45) is 5.41 Å². The van der Waals surface area contributed by atoms with Crippen LogP contribution in [0.1, 0.15) is 30.6 Å². The van der Waals surface area contributed by atoms with Crippen LogP contribution in [0.25, 0.3) is 0 Å². The Balaban J connectivity index is 2.11. The second-order valence-corrected chi connectivity index (χ2v) is 6.69. The average molecular weight is 354 g/mol. The summed E-state index contributed by atoms with van der Waals surface area (Å²) in [5, 5.41) is 11.8. The summed E-state index contributed by atoms with van der Waals surface area (Å²) in [6.45, 7) is 2.98. The number of hydrogen-bond donors (Lipinski definition) is 2. The third-order valence-corrected chi connectivity index (χ3v) is 4.02. The van der Waals surface area contributed by atoms with Gasteiger partial charge in [-0.1, -0.05) is 24.3 Å². The Kier molecular flexibility index (Phi) is 5.77. The molecule has 0 aliphatic carbocycles. The Morgan fingerprint density at radius 2 is 1.69 bits per heavy atom. The predicted octanol–water partition coefficient (Wildman–Crippen LogP) is 3.40. The molecule has 0 saturated heterocycles. The van der Waals surface area contributed by atoms with Crippen molar-refractivity contribution in [3.05, 3.63) is 60.2 Å². The number of hydrogen-bond acceptors (Lipinski definition) is 3. The largest absolute Gasteiger partial charge is 0.481 e. The van der Waals surface area contributed by atoms with Crippen molar-refractivity contribution in [2.45, 2.75) is 20.3 Å². The van der Waals surface area contributed by atoms with Gasteiger partial charge in [-0.05, 0) is 44.2 Å². The van der Waals surface area contributed by atoms with E-state index < -0.39 is 17.3 Å². The maximum absolute atomic E-state index is 12.6. The van der Waals surface area contributed by atoms with Crippen LogP contribution in [-0.4, -0.2) is 29.9 Å². The topological polar surface area (TPSA) is 86.7 Å². The summed E-state index contributed by atoms with van der Waals surface area (Å²) in [6.07, 6.45) is -0.162. The second kappa shape index (κ2) is 7.82. The first-order valence-electron chi connectivity index (χ1n) is 8.17. The smallest absolute Gasteiger partial charge is 0.309 e. The van der Waals surface area contributed by atoms with Gasteiger partial charge in [0.05, 0.1) is 5.41 Å². The summed E-state index contributed by atoms with van der Waals surface area (Å²) in [7, 11) is 1.68. The number of para-hydroxylation sites is 1. The molecule has 2 aromatic rings. The molecule has 0 aliphatic rings.